The first-order chi connectivity index (χ1) is 17.0. The summed E-state index contributed by atoms with van der Waals surface area (Å²) in [7, 11) is 0. The predicted molar refractivity (Wildman–Crippen MR) is 137 cm³/mol. The van der Waals surface area contributed by atoms with Gasteiger partial charge in [-0.05, 0) is 50.5 Å². The van der Waals surface area contributed by atoms with Crippen molar-refractivity contribution in [3.8, 4) is 5.69 Å². The minimum absolute atomic E-state index is 0.138. The minimum Gasteiger partial charge on any atom is -0.335 e. The summed E-state index contributed by atoms with van der Waals surface area (Å²) in [6.45, 7) is 4.53. The highest BCUT2D eigenvalue weighted by molar-refractivity contribution is 5.78. The fourth-order valence-electron chi connectivity index (χ4n) is 4.94. The van der Waals surface area contributed by atoms with Gasteiger partial charge in [0.1, 0.15) is 11.6 Å². The summed E-state index contributed by atoms with van der Waals surface area (Å²) in [6, 6.07) is 12.8. The van der Waals surface area contributed by atoms with E-state index in [1.807, 2.05) is 13.0 Å². The van der Waals surface area contributed by atoms with Crippen molar-refractivity contribution in [2.45, 2.75) is 77.3 Å². The third-order valence-corrected chi connectivity index (χ3v) is 6.93. The van der Waals surface area contributed by atoms with Gasteiger partial charge in [0.15, 0.2) is 0 Å². The van der Waals surface area contributed by atoms with Crippen LogP contribution in [0.2, 0.25) is 0 Å². The van der Waals surface area contributed by atoms with Crippen LogP contribution < -0.4 is 10.9 Å². The second kappa shape index (κ2) is 11.5. The average molecular weight is 479 g/mol. The summed E-state index contributed by atoms with van der Waals surface area (Å²) in [5, 5.41) is 3.63. The number of hydrogen-bond donors (Lipinski definition) is 1. The summed E-state index contributed by atoms with van der Waals surface area (Å²) in [5.74, 6) is -0.154. The minimum atomic E-state index is -0.535. The molecule has 1 aromatic heterocycles. The van der Waals surface area contributed by atoms with Crippen LogP contribution in [0, 0.1) is 5.82 Å². The van der Waals surface area contributed by atoms with Crippen LogP contribution in [0.5, 0.6) is 0 Å². The zero-order valence-electron chi connectivity index (χ0n) is 20.7. The molecule has 0 spiro atoms. The van der Waals surface area contributed by atoms with Crippen LogP contribution in [0.3, 0.4) is 0 Å². The van der Waals surface area contributed by atoms with Crippen LogP contribution in [0.15, 0.2) is 53.3 Å². The molecular formula is C28H35FN4O2. The predicted octanol–water partition coefficient (Wildman–Crippen LogP) is 6.12. The van der Waals surface area contributed by atoms with Gasteiger partial charge in [-0.2, -0.15) is 0 Å². The van der Waals surface area contributed by atoms with E-state index in [-0.39, 0.29) is 23.3 Å². The smallest absolute Gasteiger partial charge is 0.318 e. The van der Waals surface area contributed by atoms with Gasteiger partial charge in [-0.15, -0.1) is 0 Å². The number of urea groups is 1. The molecule has 3 aromatic rings. The van der Waals surface area contributed by atoms with Crippen molar-refractivity contribution in [2.24, 2.45) is 0 Å². The van der Waals surface area contributed by atoms with E-state index in [9.17, 15) is 14.0 Å². The number of carbonyl (C=O) groups excluding carboxylic acids is 1. The summed E-state index contributed by atoms with van der Waals surface area (Å²) in [5.41, 5.74) is 0.329. The molecule has 1 N–H and O–H groups in total. The van der Waals surface area contributed by atoms with Crippen LogP contribution in [0.1, 0.15) is 77.1 Å². The van der Waals surface area contributed by atoms with Crippen LogP contribution in [-0.4, -0.2) is 33.1 Å². The number of unbranched alkanes of at least 4 members (excludes halogenated alkanes) is 2. The SMILES string of the molecule is CCCCCN(C(=O)NC1CCCCC1)C(C)c1nc2ccccc2c(=O)n1-c1ccccc1F. The molecule has 4 rings (SSSR count). The number of fused-ring (bicyclic) bond motifs is 1. The number of para-hydroxylation sites is 2. The van der Waals surface area contributed by atoms with Gasteiger partial charge in [-0.25, -0.2) is 14.2 Å². The summed E-state index contributed by atoms with van der Waals surface area (Å²) in [6.07, 6.45) is 8.28. The number of nitrogens with zero attached hydrogens (tertiary/aromatic N) is 3. The molecule has 2 aromatic carbocycles. The number of hydrogen-bond acceptors (Lipinski definition) is 3. The van der Waals surface area contributed by atoms with E-state index in [4.69, 9.17) is 4.98 Å². The lowest BCUT2D eigenvalue weighted by Crippen LogP contribution is -2.47. The topological polar surface area (TPSA) is 67.2 Å². The van der Waals surface area contributed by atoms with Gasteiger partial charge in [0.25, 0.3) is 5.56 Å². The molecule has 6 nitrogen and oxygen atoms in total. The first-order valence-electron chi connectivity index (χ1n) is 12.8. The Labute approximate surface area is 206 Å². The molecule has 186 valence electrons. The van der Waals surface area contributed by atoms with Crippen molar-refractivity contribution in [2.75, 3.05) is 6.54 Å². The molecule has 1 saturated carbocycles. The fourth-order valence-corrected chi connectivity index (χ4v) is 4.94. The molecule has 1 unspecified atom stereocenters. The van der Waals surface area contributed by atoms with Crippen molar-refractivity contribution >= 4 is 16.9 Å². The van der Waals surface area contributed by atoms with E-state index in [1.165, 1.54) is 17.1 Å². The van der Waals surface area contributed by atoms with Crippen molar-refractivity contribution in [1.29, 1.82) is 0 Å². The van der Waals surface area contributed by atoms with E-state index in [2.05, 4.69) is 12.2 Å². The number of benzene rings is 2. The molecule has 1 aliphatic carbocycles. The van der Waals surface area contributed by atoms with Gasteiger partial charge in [-0.1, -0.05) is 63.3 Å². The highest BCUT2D eigenvalue weighted by Crippen LogP contribution is 2.25. The van der Waals surface area contributed by atoms with E-state index >= 15 is 0 Å². The van der Waals surface area contributed by atoms with Gasteiger partial charge >= 0.3 is 6.03 Å². The Morgan fingerprint density at radius 1 is 1.11 bits per heavy atom. The monoisotopic (exact) mass is 478 g/mol. The van der Waals surface area contributed by atoms with Crippen molar-refractivity contribution in [3.05, 3.63) is 70.5 Å². The molecule has 7 heteroatoms. The highest BCUT2D eigenvalue weighted by atomic mass is 19.1. The lowest BCUT2D eigenvalue weighted by Gasteiger charge is -2.33. The molecule has 0 radical (unpaired) electrons. The Balaban J connectivity index is 1.79. The largest absolute Gasteiger partial charge is 0.335 e. The first kappa shape index (κ1) is 24.9. The van der Waals surface area contributed by atoms with E-state index in [0.29, 0.717) is 23.3 Å². The summed E-state index contributed by atoms with van der Waals surface area (Å²) >= 11 is 0. The van der Waals surface area contributed by atoms with Crippen LogP contribution >= 0.6 is 0 Å². The number of carbonyl (C=O) groups is 1. The van der Waals surface area contributed by atoms with Crippen LogP contribution in [-0.2, 0) is 0 Å². The van der Waals surface area contributed by atoms with Crippen LogP contribution in [0.4, 0.5) is 9.18 Å². The molecule has 0 saturated heterocycles. The number of aromatic nitrogens is 2. The second-order valence-electron chi connectivity index (χ2n) is 9.44. The molecule has 35 heavy (non-hydrogen) atoms. The molecule has 1 atom stereocenters. The molecule has 0 bridgehead atoms. The van der Waals surface area contributed by atoms with Gasteiger partial charge in [0.2, 0.25) is 0 Å². The molecule has 2 amide bonds. The Morgan fingerprint density at radius 2 is 1.83 bits per heavy atom. The summed E-state index contributed by atoms with van der Waals surface area (Å²) < 4.78 is 16.3. The Morgan fingerprint density at radius 3 is 2.57 bits per heavy atom. The Hall–Kier alpha value is -3.22. The third kappa shape index (κ3) is 5.55. The quantitative estimate of drug-likeness (QED) is 0.397. The highest BCUT2D eigenvalue weighted by Gasteiger charge is 2.29. The molecule has 1 fully saturated rings. The lowest BCUT2D eigenvalue weighted by atomic mass is 9.96. The van der Waals surface area contributed by atoms with Crippen molar-refractivity contribution < 1.29 is 9.18 Å². The van der Waals surface area contributed by atoms with Gasteiger partial charge < -0.3 is 10.2 Å². The zero-order chi connectivity index (χ0) is 24.8. The first-order valence-corrected chi connectivity index (χ1v) is 12.8. The van der Waals surface area contributed by atoms with Gasteiger partial charge in [0, 0.05) is 12.6 Å². The second-order valence-corrected chi connectivity index (χ2v) is 9.44. The van der Waals surface area contributed by atoms with E-state index in [0.717, 1.165) is 44.9 Å². The van der Waals surface area contributed by atoms with Crippen LogP contribution in [0.25, 0.3) is 16.6 Å². The number of rotatable bonds is 8. The lowest BCUT2D eigenvalue weighted by molar-refractivity contribution is 0.167. The Bertz CT molecular complexity index is 1220. The molecule has 1 heterocycles. The fraction of sp³-hybridized carbons (Fsp3) is 0.464. The van der Waals surface area contributed by atoms with Gasteiger partial charge in [0.05, 0.1) is 22.6 Å². The maximum atomic E-state index is 14.9. The molecule has 1 aliphatic rings. The molecular weight excluding hydrogens is 443 g/mol. The normalized spacial score (nSPS) is 15.2. The molecule has 0 aliphatic heterocycles. The maximum Gasteiger partial charge on any atom is 0.318 e. The van der Waals surface area contributed by atoms with Crippen molar-refractivity contribution in [3.63, 3.8) is 0 Å². The maximum absolute atomic E-state index is 14.9. The van der Waals surface area contributed by atoms with E-state index < -0.39 is 11.9 Å². The number of halogens is 1. The average Bonchev–Trinajstić information content (AvgIpc) is 2.87. The number of nitrogens with one attached hydrogen (secondary N) is 1. The standard InChI is InChI=1S/C28H35FN4O2/c1-3-4-12-19-32(28(35)30-21-13-6-5-7-14-21)20(2)26-31-24-17-10-8-15-22(24)27(34)33(26)25-18-11-9-16-23(25)29/h8-11,15-18,20-21H,3-7,12-14,19H2,1-2H3,(H,30,35). The Kier molecular flexibility index (Phi) is 8.16. The van der Waals surface area contributed by atoms with E-state index in [1.54, 1.807) is 41.3 Å². The summed E-state index contributed by atoms with van der Waals surface area (Å²) in [4.78, 5) is 33.7. The third-order valence-electron chi connectivity index (χ3n) is 6.93. The van der Waals surface area contributed by atoms with Crippen molar-refractivity contribution in [1.82, 2.24) is 19.8 Å². The zero-order valence-corrected chi connectivity index (χ0v) is 20.7. The van der Waals surface area contributed by atoms with Gasteiger partial charge in [-0.3, -0.25) is 9.36 Å². The number of amides is 2.